The summed E-state index contributed by atoms with van der Waals surface area (Å²) in [6.07, 6.45) is 8.29. The topological polar surface area (TPSA) is 23.6 Å². The van der Waals surface area contributed by atoms with E-state index in [0.717, 1.165) is 44.8 Å². The minimum atomic E-state index is -3.11. The van der Waals surface area contributed by atoms with Crippen molar-refractivity contribution in [2.45, 2.75) is 6.42 Å². The average Bonchev–Trinajstić information content (AvgIpc) is 2.89. The molecule has 1 heterocycles. The lowest BCUT2D eigenvalue weighted by Crippen LogP contribution is -2.35. The van der Waals surface area contributed by atoms with Crippen LogP contribution in [0.25, 0.3) is 0 Å². The fourth-order valence-electron chi connectivity index (χ4n) is 4.83. The molecule has 35 heavy (non-hydrogen) atoms. The summed E-state index contributed by atoms with van der Waals surface area (Å²) in [4.78, 5) is 4.38. The van der Waals surface area contributed by atoms with Gasteiger partial charge in [-0.25, -0.2) is 0 Å². The highest BCUT2D eigenvalue weighted by Crippen LogP contribution is 2.48. The number of rotatable bonds is 11. The van der Waals surface area contributed by atoms with Crippen molar-refractivity contribution in [1.29, 1.82) is 0 Å². The lowest BCUT2D eigenvalue weighted by molar-refractivity contribution is 0.592. The first-order valence-electron chi connectivity index (χ1n) is 11.9. The van der Waals surface area contributed by atoms with E-state index in [9.17, 15) is 0 Å². The minimum Gasteiger partial charge on any atom is -0.364 e. The number of anilines is 2. The first kappa shape index (κ1) is 24.6. The van der Waals surface area contributed by atoms with Crippen molar-refractivity contribution in [2.24, 2.45) is 0 Å². The lowest BCUT2D eigenvalue weighted by atomic mass is 10.0. The van der Waals surface area contributed by atoms with E-state index in [0.29, 0.717) is 26.2 Å². The second kappa shape index (κ2) is 10.8. The Hall–Kier alpha value is -3.55. The van der Waals surface area contributed by atoms with Crippen molar-refractivity contribution in [3.8, 4) is 0 Å². The van der Waals surface area contributed by atoms with E-state index in [1.54, 1.807) is 0 Å². The summed E-state index contributed by atoms with van der Waals surface area (Å²) in [5, 5.41) is 2.69. The van der Waals surface area contributed by atoms with Gasteiger partial charge < -0.3 is 14.4 Å². The Bertz CT molecular complexity index is 1200. The lowest BCUT2D eigenvalue weighted by Gasteiger charge is -2.33. The zero-order chi connectivity index (χ0) is 24.8. The molecule has 0 aromatic heterocycles. The van der Waals surface area contributed by atoms with Crippen LogP contribution in [0.1, 0.15) is 11.1 Å². The van der Waals surface area contributed by atoms with Crippen LogP contribution in [-0.2, 0) is 11.0 Å². The van der Waals surface area contributed by atoms with Crippen LogP contribution in [0.3, 0.4) is 0 Å². The highest BCUT2D eigenvalue weighted by atomic mass is 31.2. The van der Waals surface area contributed by atoms with Crippen molar-refractivity contribution < 1.29 is 4.57 Å². The number of benzene rings is 3. The molecule has 0 atom stereocenters. The van der Waals surface area contributed by atoms with Crippen LogP contribution in [0.15, 0.2) is 117 Å². The van der Waals surface area contributed by atoms with Crippen LogP contribution < -0.4 is 25.7 Å². The van der Waals surface area contributed by atoms with Gasteiger partial charge in [0.15, 0.2) is 7.14 Å². The third-order valence-corrected chi connectivity index (χ3v) is 9.66. The van der Waals surface area contributed by atoms with Crippen LogP contribution in [0.5, 0.6) is 0 Å². The van der Waals surface area contributed by atoms with Crippen molar-refractivity contribution in [3.63, 3.8) is 0 Å². The smallest absolute Gasteiger partial charge is 0.171 e. The summed E-state index contributed by atoms with van der Waals surface area (Å²) in [6.45, 7) is 18.4. The molecule has 0 saturated carbocycles. The molecule has 0 radical (unpaired) electrons. The molecule has 4 heteroatoms. The highest BCUT2D eigenvalue weighted by molar-refractivity contribution is 7.85. The summed E-state index contributed by atoms with van der Waals surface area (Å²) in [5.74, 6) is 0. The molecule has 178 valence electrons. The molecule has 0 N–H and O–H groups in total. The summed E-state index contributed by atoms with van der Waals surface area (Å²) in [6, 6.07) is 22.7. The van der Waals surface area contributed by atoms with E-state index in [2.05, 4.69) is 72.5 Å². The predicted octanol–water partition coefficient (Wildman–Crippen LogP) is 5.59. The maximum atomic E-state index is 15.3. The quantitative estimate of drug-likeness (QED) is 0.207. The van der Waals surface area contributed by atoms with Crippen molar-refractivity contribution in [3.05, 3.63) is 128 Å². The number of hydrogen-bond donors (Lipinski definition) is 0. The van der Waals surface area contributed by atoms with Crippen LogP contribution in [0, 0.1) is 0 Å². The van der Waals surface area contributed by atoms with Gasteiger partial charge in [-0.2, -0.15) is 0 Å². The van der Waals surface area contributed by atoms with E-state index in [4.69, 9.17) is 0 Å². The predicted molar refractivity (Wildman–Crippen MR) is 154 cm³/mol. The third-order valence-electron chi connectivity index (χ3n) is 6.45. The van der Waals surface area contributed by atoms with Crippen LogP contribution >= 0.6 is 7.14 Å². The van der Waals surface area contributed by atoms with Gasteiger partial charge in [-0.1, -0.05) is 66.8 Å². The molecule has 0 bridgehead atoms. The molecule has 4 rings (SSSR count). The van der Waals surface area contributed by atoms with Crippen molar-refractivity contribution >= 4 is 34.4 Å². The molecule has 0 amide bonds. The molecule has 3 nitrogen and oxygen atoms in total. The molecule has 3 aromatic rings. The van der Waals surface area contributed by atoms with Crippen molar-refractivity contribution in [1.82, 2.24) is 0 Å². The fraction of sp³-hybridized carbons (Fsp3) is 0.161. The number of hydrogen-bond acceptors (Lipinski definition) is 3. The first-order chi connectivity index (χ1) is 17.1. The second-order valence-electron chi connectivity index (χ2n) is 8.71. The largest absolute Gasteiger partial charge is 0.364 e. The zero-order valence-corrected chi connectivity index (χ0v) is 21.2. The first-order valence-corrected chi connectivity index (χ1v) is 13.6. The minimum absolute atomic E-state index is 0.694. The SMILES string of the molecule is C=CCN(CC=C)c1ccc2c(c1)P(=O)(c1ccccc1)c1cc(N(CC=C)CC=C)ccc1C2. The summed E-state index contributed by atoms with van der Waals surface area (Å²) < 4.78 is 15.3. The van der Waals surface area contributed by atoms with Gasteiger partial charge in [0, 0.05) is 53.5 Å². The standard InChI is InChI=1S/C31H33N2OP/c1-5-18-32(19-6-2)27-16-14-25-22-26-15-17-28(33(20-7-3)21-8-4)24-31(26)35(34,30(25)23-27)29-12-10-9-11-13-29/h5-17,23-24H,1-4,18-22H2. The van der Waals surface area contributed by atoms with Crippen LogP contribution in [0.4, 0.5) is 11.4 Å². The molecule has 1 aliphatic heterocycles. The summed E-state index contributed by atoms with van der Waals surface area (Å²) in [5.41, 5.74) is 4.29. The molecular formula is C31H33N2OP. The maximum Gasteiger partial charge on any atom is 0.171 e. The molecule has 3 aromatic carbocycles. The van der Waals surface area contributed by atoms with Gasteiger partial charge >= 0.3 is 0 Å². The van der Waals surface area contributed by atoms with Crippen molar-refractivity contribution in [2.75, 3.05) is 36.0 Å². The molecular weight excluding hydrogens is 447 g/mol. The molecule has 0 spiro atoms. The summed E-state index contributed by atoms with van der Waals surface area (Å²) >= 11 is 0. The Labute approximate surface area is 209 Å². The Balaban J connectivity index is 1.94. The zero-order valence-electron chi connectivity index (χ0n) is 20.3. The molecule has 0 aliphatic carbocycles. The van der Waals surface area contributed by atoms with E-state index < -0.39 is 7.14 Å². The maximum absolute atomic E-state index is 15.3. The fourth-order valence-corrected chi connectivity index (χ4v) is 7.98. The van der Waals surface area contributed by atoms with Gasteiger partial charge in [0.1, 0.15) is 0 Å². The van der Waals surface area contributed by atoms with Gasteiger partial charge in [0.2, 0.25) is 0 Å². The Kier molecular flexibility index (Phi) is 7.58. The van der Waals surface area contributed by atoms with E-state index >= 15 is 4.57 Å². The van der Waals surface area contributed by atoms with Gasteiger partial charge in [0.25, 0.3) is 0 Å². The summed E-state index contributed by atoms with van der Waals surface area (Å²) in [7, 11) is -3.11. The van der Waals surface area contributed by atoms with Crippen LogP contribution in [0.2, 0.25) is 0 Å². The second-order valence-corrected chi connectivity index (χ2v) is 11.4. The van der Waals surface area contributed by atoms with Gasteiger partial charge in [-0.3, -0.25) is 0 Å². The monoisotopic (exact) mass is 480 g/mol. The van der Waals surface area contributed by atoms with Gasteiger partial charge in [0.05, 0.1) is 0 Å². The third kappa shape index (κ3) is 4.70. The van der Waals surface area contributed by atoms with E-state index in [-0.39, 0.29) is 0 Å². The average molecular weight is 481 g/mol. The Morgan fingerprint density at radius 2 is 1.09 bits per heavy atom. The van der Waals surface area contributed by atoms with Gasteiger partial charge in [-0.15, -0.1) is 26.3 Å². The number of fused-ring (bicyclic) bond motifs is 2. The Morgan fingerprint density at radius 1 is 0.657 bits per heavy atom. The number of nitrogens with zero attached hydrogens (tertiary/aromatic N) is 2. The molecule has 0 fully saturated rings. The highest BCUT2D eigenvalue weighted by Gasteiger charge is 2.38. The molecule has 1 aliphatic rings. The van der Waals surface area contributed by atoms with Gasteiger partial charge in [-0.05, 0) is 41.8 Å². The molecule has 0 saturated heterocycles. The van der Waals surface area contributed by atoms with E-state index in [1.165, 1.54) is 0 Å². The Morgan fingerprint density at radius 3 is 1.49 bits per heavy atom. The normalized spacial score (nSPS) is 13.1. The van der Waals surface area contributed by atoms with Crippen LogP contribution in [-0.4, -0.2) is 26.2 Å². The van der Waals surface area contributed by atoms with E-state index in [1.807, 2.05) is 54.6 Å². The molecule has 0 unspecified atom stereocenters.